The molecule has 1 rings (SSSR count). The van der Waals surface area contributed by atoms with Gasteiger partial charge in [-0.3, -0.25) is 9.10 Å². The van der Waals surface area contributed by atoms with Crippen molar-refractivity contribution in [3.8, 4) is 0 Å². The molecule has 0 heterocycles. The van der Waals surface area contributed by atoms with Crippen LogP contribution in [0.2, 0.25) is 0 Å². The standard InChI is InChI=1S/C13H20N2O3S/c1-5-10(2)14-13(16)11-8-6-7-9-12(11)15(3)19(4,17)18/h6-10H,5H2,1-4H3,(H,14,16)/t10-/m1/s1. The smallest absolute Gasteiger partial charge is 0.253 e. The van der Waals surface area contributed by atoms with Gasteiger partial charge in [-0.2, -0.15) is 0 Å². The topological polar surface area (TPSA) is 66.5 Å². The Morgan fingerprint density at radius 3 is 2.47 bits per heavy atom. The van der Waals surface area contributed by atoms with Crippen LogP contribution in [0, 0.1) is 0 Å². The van der Waals surface area contributed by atoms with Gasteiger partial charge in [-0.25, -0.2) is 8.42 Å². The van der Waals surface area contributed by atoms with E-state index in [4.69, 9.17) is 0 Å². The van der Waals surface area contributed by atoms with Crippen molar-refractivity contribution in [2.24, 2.45) is 0 Å². The molecule has 1 atom stereocenters. The van der Waals surface area contributed by atoms with Gasteiger partial charge in [0.15, 0.2) is 0 Å². The lowest BCUT2D eigenvalue weighted by molar-refractivity contribution is 0.0940. The lowest BCUT2D eigenvalue weighted by Crippen LogP contribution is -2.34. The second-order valence-corrected chi connectivity index (χ2v) is 6.54. The third-order valence-corrected chi connectivity index (χ3v) is 4.17. The van der Waals surface area contributed by atoms with E-state index >= 15 is 0 Å². The van der Waals surface area contributed by atoms with Crippen LogP contribution in [0.3, 0.4) is 0 Å². The van der Waals surface area contributed by atoms with Crippen molar-refractivity contribution in [3.63, 3.8) is 0 Å². The summed E-state index contributed by atoms with van der Waals surface area (Å²) in [4.78, 5) is 12.1. The minimum atomic E-state index is -3.39. The SMILES string of the molecule is CC[C@@H](C)NC(=O)c1ccccc1N(C)S(C)(=O)=O. The van der Waals surface area contributed by atoms with Crippen LogP contribution < -0.4 is 9.62 Å². The summed E-state index contributed by atoms with van der Waals surface area (Å²) >= 11 is 0. The second kappa shape index (κ2) is 6.06. The van der Waals surface area contributed by atoms with Gasteiger partial charge in [0.2, 0.25) is 10.0 Å². The fourth-order valence-corrected chi connectivity index (χ4v) is 2.04. The number of hydrogen-bond acceptors (Lipinski definition) is 3. The zero-order valence-corrected chi connectivity index (χ0v) is 12.5. The Morgan fingerprint density at radius 2 is 1.95 bits per heavy atom. The Morgan fingerprint density at radius 1 is 1.37 bits per heavy atom. The van der Waals surface area contributed by atoms with E-state index in [1.165, 1.54) is 7.05 Å². The molecule has 0 bridgehead atoms. The molecule has 6 heteroatoms. The molecule has 5 nitrogen and oxygen atoms in total. The summed E-state index contributed by atoms with van der Waals surface area (Å²) in [5, 5.41) is 2.83. The highest BCUT2D eigenvalue weighted by atomic mass is 32.2. The quantitative estimate of drug-likeness (QED) is 0.893. The third-order valence-electron chi connectivity index (χ3n) is 2.98. The summed E-state index contributed by atoms with van der Waals surface area (Å²) in [6.45, 7) is 3.88. The Bertz CT molecular complexity index is 555. The molecular formula is C13H20N2O3S. The maximum atomic E-state index is 12.1. The van der Waals surface area contributed by atoms with Gasteiger partial charge >= 0.3 is 0 Å². The average molecular weight is 284 g/mol. The van der Waals surface area contributed by atoms with Crippen LogP contribution in [-0.4, -0.2) is 33.7 Å². The van der Waals surface area contributed by atoms with Crippen molar-refractivity contribution in [3.05, 3.63) is 29.8 Å². The highest BCUT2D eigenvalue weighted by Crippen LogP contribution is 2.21. The van der Waals surface area contributed by atoms with Gasteiger partial charge in [-0.05, 0) is 25.5 Å². The molecule has 0 saturated carbocycles. The molecule has 0 aliphatic carbocycles. The van der Waals surface area contributed by atoms with Crippen LogP contribution in [0.25, 0.3) is 0 Å². The van der Waals surface area contributed by atoms with E-state index < -0.39 is 10.0 Å². The molecule has 1 N–H and O–H groups in total. The summed E-state index contributed by atoms with van der Waals surface area (Å²) in [6, 6.07) is 6.70. The van der Waals surface area contributed by atoms with Gasteiger partial charge in [0.1, 0.15) is 0 Å². The van der Waals surface area contributed by atoms with Gasteiger partial charge in [0.05, 0.1) is 17.5 Å². The van der Waals surface area contributed by atoms with Crippen molar-refractivity contribution in [1.29, 1.82) is 0 Å². The van der Waals surface area contributed by atoms with Crippen molar-refractivity contribution in [2.45, 2.75) is 26.3 Å². The number of sulfonamides is 1. The van der Waals surface area contributed by atoms with Crippen LogP contribution in [0.1, 0.15) is 30.6 Å². The third kappa shape index (κ3) is 3.96. The first-order chi connectivity index (χ1) is 8.77. The molecule has 1 amide bonds. The van der Waals surface area contributed by atoms with E-state index in [0.29, 0.717) is 11.3 Å². The molecular weight excluding hydrogens is 264 g/mol. The number of nitrogens with zero attached hydrogens (tertiary/aromatic N) is 1. The maximum absolute atomic E-state index is 12.1. The number of rotatable bonds is 5. The van der Waals surface area contributed by atoms with Gasteiger partial charge < -0.3 is 5.32 Å². The van der Waals surface area contributed by atoms with E-state index in [1.54, 1.807) is 24.3 Å². The second-order valence-electron chi connectivity index (χ2n) is 4.53. The molecule has 1 aromatic rings. The van der Waals surface area contributed by atoms with Gasteiger partial charge in [-0.1, -0.05) is 19.1 Å². The van der Waals surface area contributed by atoms with Crippen molar-refractivity contribution in [2.75, 3.05) is 17.6 Å². The van der Waals surface area contributed by atoms with E-state index in [0.717, 1.165) is 17.0 Å². The Labute approximate surface area is 114 Å². The number of benzene rings is 1. The monoisotopic (exact) mass is 284 g/mol. The Kier molecular flexibility index (Phi) is 4.94. The normalized spacial score (nSPS) is 12.8. The van der Waals surface area contributed by atoms with Gasteiger partial charge in [0, 0.05) is 13.1 Å². The molecule has 0 aliphatic heterocycles. The maximum Gasteiger partial charge on any atom is 0.253 e. The first-order valence-electron chi connectivity index (χ1n) is 6.11. The summed E-state index contributed by atoms with van der Waals surface area (Å²) in [6.07, 6.45) is 1.92. The molecule has 0 aromatic heterocycles. The summed E-state index contributed by atoms with van der Waals surface area (Å²) < 4.78 is 24.3. The van der Waals surface area contributed by atoms with Crippen LogP contribution in [-0.2, 0) is 10.0 Å². The highest BCUT2D eigenvalue weighted by molar-refractivity contribution is 7.92. The molecule has 19 heavy (non-hydrogen) atoms. The number of hydrogen-bond donors (Lipinski definition) is 1. The molecule has 0 aliphatic rings. The predicted molar refractivity (Wildman–Crippen MR) is 76.9 cm³/mol. The molecule has 0 saturated heterocycles. The number of carbonyl (C=O) groups excluding carboxylic acids is 1. The molecule has 0 unspecified atom stereocenters. The van der Waals surface area contributed by atoms with Crippen molar-refractivity contribution >= 4 is 21.6 Å². The van der Waals surface area contributed by atoms with Crippen molar-refractivity contribution < 1.29 is 13.2 Å². The van der Waals surface area contributed by atoms with E-state index in [9.17, 15) is 13.2 Å². The average Bonchev–Trinajstić information content (AvgIpc) is 2.36. The van der Waals surface area contributed by atoms with E-state index in [1.807, 2.05) is 13.8 Å². The fraction of sp³-hybridized carbons (Fsp3) is 0.462. The lowest BCUT2D eigenvalue weighted by Gasteiger charge is -2.20. The molecule has 0 spiro atoms. The van der Waals surface area contributed by atoms with E-state index in [2.05, 4.69) is 5.32 Å². The fourth-order valence-electron chi connectivity index (χ4n) is 1.52. The van der Waals surface area contributed by atoms with Crippen LogP contribution >= 0.6 is 0 Å². The first kappa shape index (κ1) is 15.5. The number of nitrogens with one attached hydrogen (secondary N) is 1. The van der Waals surface area contributed by atoms with Crippen molar-refractivity contribution in [1.82, 2.24) is 5.32 Å². The van der Waals surface area contributed by atoms with Crippen LogP contribution in [0.5, 0.6) is 0 Å². The molecule has 106 valence electrons. The molecule has 0 fully saturated rings. The summed E-state index contributed by atoms with van der Waals surface area (Å²) in [7, 11) is -1.96. The minimum Gasteiger partial charge on any atom is -0.350 e. The zero-order chi connectivity index (χ0) is 14.6. The Balaban J connectivity index is 3.13. The predicted octanol–water partition coefficient (Wildman–Crippen LogP) is 1.61. The largest absolute Gasteiger partial charge is 0.350 e. The number of carbonyl (C=O) groups is 1. The van der Waals surface area contributed by atoms with Crippen LogP contribution in [0.4, 0.5) is 5.69 Å². The Hall–Kier alpha value is -1.56. The summed E-state index contributed by atoms with van der Waals surface area (Å²) in [5.41, 5.74) is 0.738. The van der Waals surface area contributed by atoms with Gasteiger partial charge in [-0.15, -0.1) is 0 Å². The van der Waals surface area contributed by atoms with E-state index in [-0.39, 0.29) is 11.9 Å². The number of anilines is 1. The molecule has 0 radical (unpaired) electrons. The minimum absolute atomic E-state index is 0.0455. The van der Waals surface area contributed by atoms with Gasteiger partial charge in [0.25, 0.3) is 5.91 Å². The highest BCUT2D eigenvalue weighted by Gasteiger charge is 2.19. The number of amides is 1. The molecule has 1 aromatic carbocycles. The number of para-hydroxylation sites is 1. The summed E-state index contributed by atoms with van der Waals surface area (Å²) in [5.74, 6) is -0.263. The van der Waals surface area contributed by atoms with Crippen LogP contribution in [0.15, 0.2) is 24.3 Å². The lowest BCUT2D eigenvalue weighted by atomic mass is 10.1. The zero-order valence-electron chi connectivity index (χ0n) is 11.7. The first-order valence-corrected chi connectivity index (χ1v) is 7.96.